The van der Waals surface area contributed by atoms with Crippen LogP contribution in [0.4, 0.5) is 0 Å². The van der Waals surface area contributed by atoms with E-state index in [0.29, 0.717) is 6.04 Å². The van der Waals surface area contributed by atoms with E-state index in [4.69, 9.17) is 0 Å². The van der Waals surface area contributed by atoms with E-state index in [1.54, 1.807) is 0 Å². The third-order valence-electron chi connectivity index (χ3n) is 2.79. The summed E-state index contributed by atoms with van der Waals surface area (Å²) in [4.78, 5) is 0. The van der Waals surface area contributed by atoms with E-state index in [9.17, 15) is 5.11 Å². The molecular weight excluding hydrogens is 198 g/mol. The van der Waals surface area contributed by atoms with Crippen LogP contribution in [0.25, 0.3) is 0 Å². The smallest absolute Gasteiger partial charge is 0.0610 e. The summed E-state index contributed by atoms with van der Waals surface area (Å²) in [6.45, 7) is 6.47. The Morgan fingerprint density at radius 1 is 1.25 bits per heavy atom. The summed E-state index contributed by atoms with van der Waals surface area (Å²) in [6, 6.07) is 10.8. The Bertz CT molecular complexity index is 297. The lowest BCUT2D eigenvalue weighted by Gasteiger charge is -2.31. The van der Waals surface area contributed by atoms with Gasteiger partial charge in [-0.25, -0.2) is 0 Å². The van der Waals surface area contributed by atoms with Gasteiger partial charge >= 0.3 is 0 Å². The van der Waals surface area contributed by atoms with Crippen LogP contribution in [0.2, 0.25) is 0 Å². The predicted molar refractivity (Wildman–Crippen MR) is 68.5 cm³/mol. The largest absolute Gasteiger partial charge is 0.394 e. The molecule has 0 saturated carbocycles. The molecule has 0 saturated heterocycles. The van der Waals surface area contributed by atoms with Crippen molar-refractivity contribution >= 4 is 0 Å². The fraction of sp³-hybridized carbons (Fsp3) is 0.571. The second-order valence-electron chi connectivity index (χ2n) is 5.00. The molecule has 1 aromatic carbocycles. The van der Waals surface area contributed by atoms with E-state index in [2.05, 4.69) is 50.4 Å². The van der Waals surface area contributed by atoms with Gasteiger partial charge < -0.3 is 10.4 Å². The second-order valence-corrected chi connectivity index (χ2v) is 5.00. The van der Waals surface area contributed by atoms with Gasteiger partial charge in [-0.2, -0.15) is 0 Å². The van der Waals surface area contributed by atoms with Gasteiger partial charge in [0.15, 0.2) is 0 Å². The van der Waals surface area contributed by atoms with Crippen LogP contribution in [-0.2, 0) is 6.42 Å². The van der Waals surface area contributed by atoms with Crippen molar-refractivity contribution in [1.29, 1.82) is 0 Å². The number of aliphatic hydroxyl groups is 1. The van der Waals surface area contributed by atoms with Gasteiger partial charge in [-0.1, -0.05) is 44.2 Å². The molecule has 90 valence electrons. The molecule has 1 rings (SSSR count). The maximum Gasteiger partial charge on any atom is 0.0610 e. The average molecular weight is 221 g/mol. The Hall–Kier alpha value is -0.860. The van der Waals surface area contributed by atoms with E-state index >= 15 is 0 Å². The van der Waals surface area contributed by atoms with Crippen LogP contribution in [0, 0.1) is 0 Å². The van der Waals surface area contributed by atoms with Crippen molar-refractivity contribution in [3.8, 4) is 0 Å². The molecule has 0 aromatic heterocycles. The fourth-order valence-corrected chi connectivity index (χ4v) is 1.96. The first-order valence-electron chi connectivity index (χ1n) is 5.98. The molecular formula is C14H23NO. The minimum Gasteiger partial charge on any atom is -0.394 e. The van der Waals surface area contributed by atoms with Crippen molar-refractivity contribution in [2.75, 3.05) is 6.61 Å². The Morgan fingerprint density at radius 3 is 2.38 bits per heavy atom. The number of aryl methyl sites for hydroxylation is 1. The van der Waals surface area contributed by atoms with E-state index in [1.807, 2.05) is 6.07 Å². The zero-order chi connectivity index (χ0) is 12.0. The highest BCUT2D eigenvalue weighted by Crippen LogP contribution is 2.14. The normalized spacial score (nSPS) is 15.1. The highest BCUT2D eigenvalue weighted by atomic mass is 16.3. The van der Waals surface area contributed by atoms with Crippen LogP contribution in [-0.4, -0.2) is 23.3 Å². The molecule has 2 nitrogen and oxygen atoms in total. The lowest BCUT2D eigenvalue weighted by molar-refractivity contribution is 0.157. The lowest BCUT2D eigenvalue weighted by Crippen LogP contribution is -2.49. The van der Waals surface area contributed by atoms with E-state index in [1.165, 1.54) is 5.56 Å². The number of hydrogen-bond donors (Lipinski definition) is 2. The number of benzene rings is 1. The van der Waals surface area contributed by atoms with Crippen molar-refractivity contribution in [1.82, 2.24) is 5.32 Å². The molecule has 0 aliphatic carbocycles. The first kappa shape index (κ1) is 13.2. The van der Waals surface area contributed by atoms with Gasteiger partial charge in [-0.05, 0) is 25.3 Å². The third-order valence-corrected chi connectivity index (χ3v) is 2.79. The van der Waals surface area contributed by atoms with Crippen LogP contribution in [0.1, 0.15) is 32.8 Å². The molecule has 0 fully saturated rings. The van der Waals surface area contributed by atoms with Crippen LogP contribution >= 0.6 is 0 Å². The first-order valence-corrected chi connectivity index (χ1v) is 5.98. The number of nitrogens with one attached hydrogen (secondary N) is 1. The van der Waals surface area contributed by atoms with Crippen molar-refractivity contribution in [3.63, 3.8) is 0 Å². The Kier molecular flexibility index (Phi) is 4.97. The molecule has 0 heterocycles. The highest BCUT2D eigenvalue weighted by Gasteiger charge is 2.23. The van der Waals surface area contributed by atoms with Gasteiger partial charge in [0.2, 0.25) is 0 Å². The van der Waals surface area contributed by atoms with E-state index in [-0.39, 0.29) is 12.1 Å². The molecule has 0 spiro atoms. The molecule has 0 aliphatic rings. The van der Waals surface area contributed by atoms with Crippen molar-refractivity contribution in [3.05, 3.63) is 35.9 Å². The third kappa shape index (κ3) is 4.33. The zero-order valence-corrected chi connectivity index (χ0v) is 10.5. The van der Waals surface area contributed by atoms with Gasteiger partial charge in [0.1, 0.15) is 0 Å². The van der Waals surface area contributed by atoms with Gasteiger partial charge in [-0.3, -0.25) is 0 Å². The Labute approximate surface area is 98.7 Å². The Balaban J connectivity index is 2.51. The maximum atomic E-state index is 9.45. The molecule has 0 aliphatic heterocycles. The summed E-state index contributed by atoms with van der Waals surface area (Å²) in [7, 11) is 0. The summed E-state index contributed by atoms with van der Waals surface area (Å²) in [6.07, 6.45) is 1.95. The molecule has 0 radical (unpaired) electrons. The van der Waals surface area contributed by atoms with Gasteiger partial charge in [0.25, 0.3) is 0 Å². The number of aliphatic hydroxyl groups excluding tert-OH is 1. The van der Waals surface area contributed by atoms with Crippen molar-refractivity contribution in [2.24, 2.45) is 0 Å². The molecule has 16 heavy (non-hydrogen) atoms. The Morgan fingerprint density at radius 2 is 1.88 bits per heavy atom. The lowest BCUT2D eigenvalue weighted by atomic mass is 9.93. The molecule has 1 unspecified atom stereocenters. The van der Waals surface area contributed by atoms with Crippen molar-refractivity contribution in [2.45, 2.75) is 45.2 Å². The summed E-state index contributed by atoms with van der Waals surface area (Å²) in [5, 5.41) is 12.9. The topological polar surface area (TPSA) is 32.3 Å². The first-order chi connectivity index (χ1) is 7.56. The summed E-state index contributed by atoms with van der Waals surface area (Å²) in [5.41, 5.74) is 1.15. The summed E-state index contributed by atoms with van der Waals surface area (Å²) >= 11 is 0. The van der Waals surface area contributed by atoms with Gasteiger partial charge in [0, 0.05) is 11.6 Å². The summed E-state index contributed by atoms with van der Waals surface area (Å²) < 4.78 is 0. The standard InChI is InChI=1S/C14H23NO/c1-12(2)15-14(3,11-16)10-9-13-7-5-4-6-8-13/h4-8,12,15-16H,9-11H2,1-3H3. The predicted octanol–water partition coefficient (Wildman–Crippen LogP) is 2.37. The summed E-state index contributed by atoms with van der Waals surface area (Å²) in [5.74, 6) is 0. The van der Waals surface area contributed by atoms with Gasteiger partial charge in [0.05, 0.1) is 6.61 Å². The molecule has 1 atom stereocenters. The quantitative estimate of drug-likeness (QED) is 0.773. The zero-order valence-electron chi connectivity index (χ0n) is 10.5. The molecule has 0 bridgehead atoms. The van der Waals surface area contributed by atoms with E-state index in [0.717, 1.165) is 12.8 Å². The van der Waals surface area contributed by atoms with Gasteiger partial charge in [-0.15, -0.1) is 0 Å². The second kappa shape index (κ2) is 6.02. The van der Waals surface area contributed by atoms with Crippen molar-refractivity contribution < 1.29 is 5.11 Å². The maximum absolute atomic E-state index is 9.45. The van der Waals surface area contributed by atoms with E-state index < -0.39 is 0 Å². The van der Waals surface area contributed by atoms with Crippen LogP contribution in [0.5, 0.6) is 0 Å². The molecule has 2 N–H and O–H groups in total. The fourth-order valence-electron chi connectivity index (χ4n) is 1.96. The SMILES string of the molecule is CC(C)NC(C)(CO)CCc1ccccc1. The minimum atomic E-state index is -0.177. The molecule has 2 heteroatoms. The number of rotatable bonds is 6. The number of hydrogen-bond acceptors (Lipinski definition) is 2. The highest BCUT2D eigenvalue weighted by molar-refractivity contribution is 5.15. The molecule has 0 amide bonds. The molecule has 1 aromatic rings. The monoisotopic (exact) mass is 221 g/mol. The average Bonchev–Trinajstić information content (AvgIpc) is 2.27. The van der Waals surface area contributed by atoms with Crippen LogP contribution < -0.4 is 5.32 Å². The van der Waals surface area contributed by atoms with Crippen LogP contribution in [0.3, 0.4) is 0 Å². The van der Waals surface area contributed by atoms with Crippen LogP contribution in [0.15, 0.2) is 30.3 Å². The minimum absolute atomic E-state index is 0.177.